The Morgan fingerprint density at radius 3 is 1.46 bits per heavy atom. The van der Waals surface area contributed by atoms with Crippen molar-refractivity contribution in [3.63, 3.8) is 0 Å². The molecule has 37 heavy (non-hydrogen) atoms. The molecular weight excluding hydrogens is 597 g/mol. The van der Waals surface area contributed by atoms with E-state index in [9.17, 15) is 0 Å². The van der Waals surface area contributed by atoms with Gasteiger partial charge >= 0.3 is 8.08 Å². The summed E-state index contributed by atoms with van der Waals surface area (Å²) in [4.78, 5) is 0. The normalized spacial score (nSPS) is 14.8. The van der Waals surface area contributed by atoms with Crippen LogP contribution in [0.4, 0.5) is 0 Å². The maximum absolute atomic E-state index is 7.10. The van der Waals surface area contributed by atoms with E-state index in [0.717, 1.165) is 11.3 Å². The number of para-hydroxylation sites is 1. The lowest BCUT2D eigenvalue weighted by molar-refractivity contribution is 0.342. The Morgan fingerprint density at radius 2 is 1.08 bits per heavy atom. The van der Waals surface area contributed by atoms with Crippen LogP contribution in [0.3, 0.4) is 0 Å². The van der Waals surface area contributed by atoms with Crippen LogP contribution in [0.5, 0.6) is 5.75 Å². The maximum atomic E-state index is 7.10. The van der Waals surface area contributed by atoms with Crippen molar-refractivity contribution in [1.29, 1.82) is 0 Å². The van der Waals surface area contributed by atoms with E-state index in [4.69, 9.17) is 25.6 Å². The summed E-state index contributed by atoms with van der Waals surface area (Å²) in [7, 11) is -10.5. The fourth-order valence-corrected chi connectivity index (χ4v) is 25.4. The molecular formula is C23H49O6Si8. The summed E-state index contributed by atoms with van der Waals surface area (Å²) >= 11 is 0. The Labute approximate surface area is 239 Å². The van der Waals surface area contributed by atoms with E-state index in [-0.39, 0.29) is 9.28 Å². The molecule has 0 aliphatic carbocycles. The molecule has 0 atom stereocenters. The van der Waals surface area contributed by atoms with Gasteiger partial charge in [-0.2, -0.15) is 0 Å². The Bertz CT molecular complexity index is 905. The molecule has 5 radical (unpaired) electrons. The lowest BCUT2D eigenvalue weighted by atomic mass is 10.2. The molecule has 0 saturated heterocycles. The van der Waals surface area contributed by atoms with E-state index in [0.29, 0.717) is 11.1 Å². The summed E-state index contributed by atoms with van der Waals surface area (Å²) in [6.45, 7) is 32.8. The molecule has 0 aliphatic heterocycles. The zero-order chi connectivity index (χ0) is 29.1. The van der Waals surface area contributed by atoms with Crippen molar-refractivity contribution in [2.75, 3.05) is 0 Å². The average Bonchev–Trinajstić information content (AvgIpc) is 2.59. The van der Waals surface area contributed by atoms with Gasteiger partial charge in [0.1, 0.15) is 5.75 Å². The molecule has 0 bridgehead atoms. The van der Waals surface area contributed by atoms with Gasteiger partial charge in [-0.1, -0.05) is 12.1 Å². The second-order valence-corrected chi connectivity index (χ2v) is 42.7. The Balaban J connectivity index is 4.31. The average molecular weight is 646 g/mol. The smallest absolute Gasteiger partial charge is 0.397 e. The minimum atomic E-state index is -3.31. The molecule has 0 aromatic heterocycles. The van der Waals surface area contributed by atoms with Crippen molar-refractivity contribution in [1.82, 2.24) is 0 Å². The van der Waals surface area contributed by atoms with Crippen LogP contribution in [0, 0.1) is 0 Å². The Kier molecular flexibility index (Phi) is 12.0. The van der Waals surface area contributed by atoms with E-state index in [2.05, 4.69) is 115 Å². The van der Waals surface area contributed by atoms with Crippen LogP contribution in [-0.4, -0.2) is 69.4 Å². The van der Waals surface area contributed by atoms with Crippen LogP contribution in [0.15, 0.2) is 29.6 Å². The van der Waals surface area contributed by atoms with Gasteiger partial charge in [-0.05, 0) is 110 Å². The van der Waals surface area contributed by atoms with Gasteiger partial charge in [0, 0.05) is 0 Å². The summed E-state index contributed by atoms with van der Waals surface area (Å²) in [5.74, 6) is 1.49. The van der Waals surface area contributed by atoms with Crippen molar-refractivity contribution >= 4 is 75.2 Å². The van der Waals surface area contributed by atoms with Crippen molar-refractivity contribution in [2.24, 2.45) is 0 Å². The summed E-state index contributed by atoms with van der Waals surface area (Å²) < 4.78 is 40.5. The molecule has 1 aromatic carbocycles. The van der Waals surface area contributed by atoms with Crippen molar-refractivity contribution < 1.29 is 25.6 Å². The molecule has 0 saturated carbocycles. The van der Waals surface area contributed by atoms with Crippen LogP contribution in [0.25, 0.3) is 5.76 Å². The SMILES string of the molecule is C[Si](C)(C)OC(=C(O[Si](C)(C)C)[Si](O[Si](C)(C)C)(O[Si](C)(C)C)[Si]O[Si])c1ccccc1O[Si](C)(C)C. The lowest BCUT2D eigenvalue weighted by Gasteiger charge is -2.43. The van der Waals surface area contributed by atoms with Crippen LogP contribution < -0.4 is 4.43 Å². The molecule has 0 amide bonds. The number of rotatable bonds is 14. The van der Waals surface area contributed by atoms with Crippen LogP contribution >= 0.6 is 0 Å². The highest BCUT2D eigenvalue weighted by Crippen LogP contribution is 2.39. The van der Waals surface area contributed by atoms with Gasteiger partial charge in [0.05, 0.1) is 5.56 Å². The van der Waals surface area contributed by atoms with Gasteiger partial charge in [0.2, 0.25) is 35.4 Å². The zero-order valence-corrected chi connectivity index (χ0v) is 33.8. The molecule has 14 heteroatoms. The molecule has 0 N–H and O–H groups in total. The third-order valence-electron chi connectivity index (χ3n) is 3.95. The first kappa shape index (κ1) is 35.0. The first-order valence-electron chi connectivity index (χ1n) is 12.8. The van der Waals surface area contributed by atoms with Crippen LogP contribution in [0.1, 0.15) is 5.56 Å². The Hall–Kier alpha value is -0.0249. The first-order valence-corrected chi connectivity index (χ1v) is 34.0. The first-order chi connectivity index (χ1) is 16.4. The molecule has 0 heterocycles. The lowest BCUT2D eigenvalue weighted by Crippen LogP contribution is -2.63. The van der Waals surface area contributed by atoms with Gasteiger partial charge in [0.15, 0.2) is 27.8 Å². The van der Waals surface area contributed by atoms with Crippen molar-refractivity contribution in [3.8, 4) is 5.75 Å². The summed E-state index contributed by atoms with van der Waals surface area (Å²) in [5.41, 5.74) is 0.884. The van der Waals surface area contributed by atoms with Gasteiger partial charge in [0.25, 0.3) is 9.28 Å². The fraction of sp³-hybridized carbons (Fsp3) is 0.652. The standard InChI is InChI=1S/C23H49O6Si8/c1-32(2,3)24-21-19-17-16-18-20(21)22(25-33(4,5)6)23(26-34(7,8)9)37(31-27-30,28-35(10,11)12)29-36(13,14)15/h16-19H,1-15H3. The minimum absolute atomic E-state index is 0.0796. The molecule has 209 valence electrons. The molecule has 1 rings (SSSR count). The van der Waals surface area contributed by atoms with Gasteiger partial charge in [-0.15, -0.1) is 0 Å². The minimum Gasteiger partial charge on any atom is -0.544 e. The van der Waals surface area contributed by atoms with E-state index in [1.54, 1.807) is 0 Å². The van der Waals surface area contributed by atoms with Gasteiger partial charge < -0.3 is 25.6 Å². The highest BCUT2D eigenvalue weighted by Gasteiger charge is 2.54. The predicted molar refractivity (Wildman–Crippen MR) is 173 cm³/mol. The molecule has 0 aliphatic rings. The second-order valence-electron chi connectivity index (χ2n) is 14.0. The monoisotopic (exact) mass is 645 g/mol. The topological polar surface area (TPSA) is 55.4 Å². The third kappa shape index (κ3) is 13.3. The summed E-state index contributed by atoms with van der Waals surface area (Å²) in [5, 5.41) is 0.696. The highest BCUT2D eigenvalue weighted by atomic mass is 29.2. The molecule has 1 aromatic rings. The number of hydrogen-bond acceptors (Lipinski definition) is 6. The second kappa shape index (κ2) is 12.7. The quantitative estimate of drug-likeness (QED) is 0.158. The zero-order valence-electron chi connectivity index (χ0n) is 25.8. The summed E-state index contributed by atoms with van der Waals surface area (Å²) in [6, 6.07) is 8.13. The van der Waals surface area contributed by atoms with Crippen molar-refractivity contribution in [3.05, 3.63) is 35.2 Å². The third-order valence-corrected chi connectivity index (χ3v) is 19.7. The Morgan fingerprint density at radius 1 is 0.622 bits per heavy atom. The van der Waals surface area contributed by atoms with Crippen molar-refractivity contribution in [2.45, 2.75) is 98.2 Å². The molecule has 0 unspecified atom stereocenters. The number of benzene rings is 1. The summed E-state index contributed by atoms with van der Waals surface area (Å²) in [6.07, 6.45) is 0. The van der Waals surface area contributed by atoms with E-state index >= 15 is 0 Å². The van der Waals surface area contributed by atoms with Crippen LogP contribution in [0.2, 0.25) is 98.2 Å². The highest BCUT2D eigenvalue weighted by molar-refractivity contribution is 7.24. The molecule has 0 spiro atoms. The van der Waals surface area contributed by atoms with Gasteiger partial charge in [-0.3, -0.25) is 0 Å². The van der Waals surface area contributed by atoms with E-state index in [1.807, 2.05) is 18.2 Å². The fourth-order valence-electron chi connectivity index (χ4n) is 3.30. The van der Waals surface area contributed by atoms with E-state index < -0.39 is 49.7 Å². The maximum Gasteiger partial charge on any atom is 0.397 e. The van der Waals surface area contributed by atoms with Gasteiger partial charge in [-0.25, -0.2) is 0 Å². The van der Waals surface area contributed by atoms with Crippen LogP contribution in [-0.2, 0) is 21.2 Å². The largest absolute Gasteiger partial charge is 0.544 e. The molecule has 0 fully saturated rings. The predicted octanol–water partition coefficient (Wildman–Crippen LogP) is 7.17. The number of hydrogen-bond donors (Lipinski definition) is 0. The van der Waals surface area contributed by atoms with E-state index in [1.165, 1.54) is 0 Å². The molecule has 6 nitrogen and oxygen atoms in total.